The van der Waals surface area contributed by atoms with Crippen LogP contribution in [0.2, 0.25) is 0 Å². The minimum Gasteiger partial charge on any atom is -0.382 e. The molecule has 0 aliphatic heterocycles. The number of hydrogen-bond acceptors (Lipinski definition) is 5. The van der Waals surface area contributed by atoms with E-state index in [1.165, 1.54) is 31.0 Å². The molecule has 12 heavy (non-hydrogen) atoms. The van der Waals surface area contributed by atoms with Crippen molar-refractivity contribution in [3.8, 4) is 5.75 Å². The average Bonchev–Trinajstić information content (AvgIpc) is 2.05. The van der Waals surface area contributed by atoms with Gasteiger partial charge in [0.15, 0.2) is 11.5 Å². The molecule has 0 aliphatic carbocycles. The second kappa shape index (κ2) is 3.80. The molecule has 1 aromatic heterocycles. The van der Waals surface area contributed by atoms with Gasteiger partial charge in [-0.05, 0) is 18.6 Å². The number of Topliss-reactive ketones (excluding diaryl/α,β-unsaturated/α-hetero) is 1. The van der Waals surface area contributed by atoms with Gasteiger partial charge in [0.1, 0.15) is 0 Å². The lowest BCUT2D eigenvalue weighted by Crippen LogP contribution is -2.12. The number of aromatic nitrogens is 1. The van der Waals surface area contributed by atoms with Crippen molar-refractivity contribution < 1.29 is 14.8 Å². The van der Waals surface area contributed by atoms with Gasteiger partial charge in [-0.2, -0.15) is 0 Å². The van der Waals surface area contributed by atoms with Crippen LogP contribution in [0.5, 0.6) is 5.75 Å². The van der Waals surface area contributed by atoms with Crippen LogP contribution in [0.3, 0.4) is 0 Å². The molecule has 64 valence electrons. The minimum atomic E-state index is -0.106. The lowest BCUT2D eigenvalue weighted by atomic mass is 10.2. The second-order valence-electron chi connectivity index (χ2n) is 2.16. The molecule has 0 saturated heterocycles. The highest BCUT2D eigenvalue weighted by molar-refractivity contribution is 5.94. The van der Waals surface area contributed by atoms with Gasteiger partial charge >= 0.3 is 0 Å². The molecule has 0 aliphatic rings. The Kier molecular flexibility index (Phi) is 2.73. The fourth-order valence-electron chi connectivity index (χ4n) is 0.720. The summed E-state index contributed by atoms with van der Waals surface area (Å²) in [5.74, 6) is 0.177. The SMILES string of the molecule is CC(=O)c1cncc(ONO)c1. The Morgan fingerprint density at radius 2 is 2.42 bits per heavy atom. The number of nitrogens with one attached hydrogen (secondary N) is 1. The van der Waals surface area contributed by atoms with Crippen molar-refractivity contribution in [3.05, 3.63) is 24.0 Å². The van der Waals surface area contributed by atoms with E-state index in [4.69, 9.17) is 5.21 Å². The van der Waals surface area contributed by atoms with Crippen LogP contribution in [-0.2, 0) is 0 Å². The predicted octanol–water partition coefficient (Wildman–Crippen LogP) is 0.557. The second-order valence-corrected chi connectivity index (χ2v) is 2.16. The van der Waals surface area contributed by atoms with Crippen LogP contribution in [0.25, 0.3) is 0 Å². The summed E-state index contributed by atoms with van der Waals surface area (Å²) in [6.45, 7) is 1.42. The van der Waals surface area contributed by atoms with E-state index < -0.39 is 0 Å². The summed E-state index contributed by atoms with van der Waals surface area (Å²) in [5.41, 5.74) is 1.93. The van der Waals surface area contributed by atoms with Crippen molar-refractivity contribution in [1.29, 1.82) is 0 Å². The third kappa shape index (κ3) is 2.01. The van der Waals surface area contributed by atoms with E-state index in [0.717, 1.165) is 0 Å². The first-order chi connectivity index (χ1) is 5.74. The quantitative estimate of drug-likeness (QED) is 0.509. The lowest BCUT2D eigenvalue weighted by Gasteiger charge is -2.01. The largest absolute Gasteiger partial charge is 0.382 e. The summed E-state index contributed by atoms with van der Waals surface area (Å²) >= 11 is 0. The van der Waals surface area contributed by atoms with Crippen molar-refractivity contribution in [2.45, 2.75) is 6.92 Å². The Morgan fingerprint density at radius 1 is 1.67 bits per heavy atom. The molecule has 0 unspecified atom stereocenters. The highest BCUT2D eigenvalue weighted by Gasteiger charge is 2.01. The molecule has 0 radical (unpaired) electrons. The van der Waals surface area contributed by atoms with E-state index in [2.05, 4.69) is 9.82 Å². The van der Waals surface area contributed by atoms with E-state index >= 15 is 0 Å². The van der Waals surface area contributed by atoms with Gasteiger partial charge in [0.2, 0.25) is 0 Å². The van der Waals surface area contributed by atoms with Crippen LogP contribution >= 0.6 is 0 Å². The number of pyridine rings is 1. The Morgan fingerprint density at radius 3 is 3.00 bits per heavy atom. The van der Waals surface area contributed by atoms with Gasteiger partial charge in [-0.15, -0.1) is 0 Å². The first-order valence-electron chi connectivity index (χ1n) is 3.26. The monoisotopic (exact) mass is 168 g/mol. The Balaban J connectivity index is 2.88. The van der Waals surface area contributed by atoms with Crippen LogP contribution in [-0.4, -0.2) is 16.0 Å². The van der Waals surface area contributed by atoms with Gasteiger partial charge in [0.05, 0.1) is 6.20 Å². The number of carbonyl (C=O) groups excluding carboxylic acids is 1. The standard InChI is InChI=1S/C7H8N2O3/c1-5(10)6-2-7(12-9-11)4-8-3-6/h2-4,9,11H,1H3. The normalized spacial score (nSPS) is 9.50. The number of ketones is 1. The number of carbonyl (C=O) groups is 1. The molecule has 1 aromatic rings. The van der Waals surface area contributed by atoms with Crippen LogP contribution in [0.1, 0.15) is 17.3 Å². The maximum absolute atomic E-state index is 10.8. The van der Waals surface area contributed by atoms with E-state index in [0.29, 0.717) is 5.56 Å². The Labute approximate surface area is 68.9 Å². The lowest BCUT2D eigenvalue weighted by molar-refractivity contribution is -0.0438. The molecular formula is C7H8N2O3. The van der Waals surface area contributed by atoms with Crippen molar-refractivity contribution >= 4 is 5.78 Å². The van der Waals surface area contributed by atoms with Crippen LogP contribution < -0.4 is 10.5 Å². The van der Waals surface area contributed by atoms with E-state index in [1.807, 2.05) is 0 Å². The molecular weight excluding hydrogens is 160 g/mol. The number of nitrogens with zero attached hydrogens (tertiary/aromatic N) is 1. The molecule has 1 heterocycles. The summed E-state index contributed by atoms with van der Waals surface area (Å²) < 4.78 is 0. The van der Waals surface area contributed by atoms with Crippen molar-refractivity contribution in [2.24, 2.45) is 0 Å². The molecule has 0 amide bonds. The Bertz CT molecular complexity index is 288. The van der Waals surface area contributed by atoms with Crippen LogP contribution in [0, 0.1) is 0 Å². The van der Waals surface area contributed by atoms with Crippen LogP contribution in [0.4, 0.5) is 0 Å². The highest BCUT2D eigenvalue weighted by Crippen LogP contribution is 2.09. The third-order valence-corrected chi connectivity index (χ3v) is 1.28. The maximum Gasteiger partial charge on any atom is 0.169 e. The molecule has 0 aromatic carbocycles. The summed E-state index contributed by atoms with van der Waals surface area (Å²) in [6, 6.07) is 1.47. The smallest absolute Gasteiger partial charge is 0.169 e. The van der Waals surface area contributed by atoms with Gasteiger partial charge in [0.25, 0.3) is 0 Å². The molecule has 1 rings (SSSR count). The van der Waals surface area contributed by atoms with Gasteiger partial charge in [-0.25, -0.2) is 0 Å². The summed E-state index contributed by atoms with van der Waals surface area (Å²) in [5, 5.41) is 8.16. The van der Waals surface area contributed by atoms with Gasteiger partial charge in [-0.3, -0.25) is 15.0 Å². The van der Waals surface area contributed by atoms with Gasteiger partial charge in [0, 0.05) is 11.8 Å². The Hall–Kier alpha value is -1.46. The van der Waals surface area contributed by atoms with Gasteiger partial charge < -0.3 is 4.84 Å². The number of rotatable bonds is 3. The van der Waals surface area contributed by atoms with Crippen molar-refractivity contribution in [3.63, 3.8) is 0 Å². The zero-order chi connectivity index (χ0) is 8.97. The maximum atomic E-state index is 10.8. The fraction of sp³-hybridized carbons (Fsp3) is 0.143. The van der Waals surface area contributed by atoms with Gasteiger partial charge in [-0.1, -0.05) is 0 Å². The van der Waals surface area contributed by atoms with Crippen molar-refractivity contribution in [2.75, 3.05) is 0 Å². The molecule has 0 atom stereocenters. The summed E-state index contributed by atoms with van der Waals surface area (Å²) in [6.07, 6.45) is 2.79. The molecule has 0 saturated carbocycles. The highest BCUT2D eigenvalue weighted by atomic mass is 16.8. The summed E-state index contributed by atoms with van der Waals surface area (Å²) in [7, 11) is 0. The van der Waals surface area contributed by atoms with E-state index in [1.54, 1.807) is 0 Å². The van der Waals surface area contributed by atoms with Crippen LogP contribution in [0.15, 0.2) is 18.5 Å². The number of hydrogen-bond donors (Lipinski definition) is 2. The minimum absolute atomic E-state index is 0.106. The van der Waals surface area contributed by atoms with E-state index in [9.17, 15) is 4.79 Å². The predicted molar refractivity (Wildman–Crippen MR) is 39.8 cm³/mol. The fourth-order valence-corrected chi connectivity index (χ4v) is 0.720. The molecule has 2 N–H and O–H groups in total. The zero-order valence-electron chi connectivity index (χ0n) is 6.44. The summed E-state index contributed by atoms with van der Waals surface area (Å²) in [4.78, 5) is 19.0. The first kappa shape index (κ1) is 8.63. The first-order valence-corrected chi connectivity index (χ1v) is 3.26. The molecule has 5 heteroatoms. The van der Waals surface area contributed by atoms with E-state index in [-0.39, 0.29) is 11.5 Å². The molecule has 0 spiro atoms. The molecule has 5 nitrogen and oxygen atoms in total. The molecule has 0 bridgehead atoms. The zero-order valence-corrected chi connectivity index (χ0v) is 6.44. The average molecular weight is 168 g/mol. The van der Waals surface area contributed by atoms with Crippen molar-refractivity contribution in [1.82, 2.24) is 10.6 Å². The topological polar surface area (TPSA) is 71.5 Å². The third-order valence-electron chi connectivity index (χ3n) is 1.28. The molecule has 0 fully saturated rings.